The monoisotopic (exact) mass is 414 g/mol. The Morgan fingerprint density at radius 1 is 0.786 bits per heavy atom. The van der Waals surface area contributed by atoms with Gasteiger partial charge in [-0.05, 0) is 72.7 Å². The molecular weight excluding hydrogens is 395 g/mol. The lowest BCUT2D eigenvalue weighted by atomic mass is 9.81. The second-order valence-electron chi connectivity index (χ2n) is 8.26. The van der Waals surface area contributed by atoms with E-state index in [4.69, 9.17) is 27.9 Å². The normalized spacial score (nSPS) is 30.9. The molecule has 3 fully saturated rings. The minimum Gasteiger partial charge on any atom is -0.373 e. The van der Waals surface area contributed by atoms with Gasteiger partial charge in [0.2, 0.25) is 0 Å². The molecule has 2 aliphatic heterocycles. The van der Waals surface area contributed by atoms with Crippen LogP contribution in [0.3, 0.4) is 0 Å². The number of ether oxygens (including phenoxy) is 1. The molecule has 0 N–H and O–H groups in total. The third-order valence-corrected chi connectivity index (χ3v) is 7.01. The van der Waals surface area contributed by atoms with Gasteiger partial charge in [-0.3, -0.25) is 9.59 Å². The molecule has 2 aromatic carbocycles. The van der Waals surface area contributed by atoms with E-state index < -0.39 is 5.92 Å². The lowest BCUT2D eigenvalue weighted by Crippen LogP contribution is -2.29. The van der Waals surface area contributed by atoms with E-state index in [1.165, 1.54) is 0 Å². The molecule has 144 valence electrons. The van der Waals surface area contributed by atoms with Crippen molar-refractivity contribution in [1.29, 1.82) is 0 Å². The highest BCUT2D eigenvalue weighted by Crippen LogP contribution is 2.53. The van der Waals surface area contributed by atoms with Crippen molar-refractivity contribution in [3.8, 4) is 11.1 Å². The first-order valence-corrected chi connectivity index (χ1v) is 10.4. The Morgan fingerprint density at radius 3 is 1.75 bits per heavy atom. The number of Topliss-reactive ketones (excluding diaryl/α,β-unsaturated/α-hetero) is 2. The largest absolute Gasteiger partial charge is 0.373 e. The molecule has 5 rings (SSSR count). The fourth-order valence-electron chi connectivity index (χ4n) is 5.53. The summed E-state index contributed by atoms with van der Waals surface area (Å²) in [5.74, 6) is -1.05. The maximum atomic E-state index is 13.2. The molecule has 0 spiro atoms. The molecule has 0 aromatic heterocycles. The SMILES string of the molecule is Cc1cc(-c2cc(Cl)cc(Cl)c2)cc(C)c1C1C(=O)[C@@H]2[C@H](C1=O)[C@H]1CC[C@@H]2O1. The van der Waals surface area contributed by atoms with Crippen molar-refractivity contribution in [2.75, 3.05) is 0 Å². The third-order valence-electron chi connectivity index (χ3n) is 6.58. The average molecular weight is 415 g/mol. The highest BCUT2D eigenvalue weighted by molar-refractivity contribution is 6.35. The number of benzene rings is 2. The Morgan fingerprint density at radius 2 is 1.25 bits per heavy atom. The summed E-state index contributed by atoms with van der Waals surface area (Å²) >= 11 is 12.3. The zero-order valence-electron chi connectivity index (χ0n) is 15.7. The van der Waals surface area contributed by atoms with Gasteiger partial charge in [-0.2, -0.15) is 0 Å². The van der Waals surface area contributed by atoms with Crippen molar-refractivity contribution in [2.24, 2.45) is 11.8 Å². The van der Waals surface area contributed by atoms with Crippen LogP contribution in [-0.2, 0) is 14.3 Å². The number of ketones is 2. The van der Waals surface area contributed by atoms with E-state index in [-0.39, 0.29) is 35.6 Å². The van der Waals surface area contributed by atoms with E-state index in [0.717, 1.165) is 40.7 Å². The Kier molecular flexibility index (Phi) is 4.20. The van der Waals surface area contributed by atoms with E-state index in [0.29, 0.717) is 10.0 Å². The molecule has 1 aliphatic carbocycles. The van der Waals surface area contributed by atoms with Gasteiger partial charge in [-0.1, -0.05) is 35.3 Å². The van der Waals surface area contributed by atoms with Crippen LogP contribution in [-0.4, -0.2) is 23.8 Å². The average Bonchev–Trinajstić information content (AvgIpc) is 3.29. The summed E-state index contributed by atoms with van der Waals surface area (Å²) in [6.07, 6.45) is 1.66. The quantitative estimate of drug-likeness (QED) is 0.625. The van der Waals surface area contributed by atoms with Gasteiger partial charge in [0.05, 0.1) is 24.0 Å². The van der Waals surface area contributed by atoms with Gasteiger partial charge in [-0.25, -0.2) is 0 Å². The first-order chi connectivity index (χ1) is 13.3. The zero-order valence-corrected chi connectivity index (χ0v) is 17.2. The number of carbonyl (C=O) groups excluding carboxylic acids is 2. The van der Waals surface area contributed by atoms with E-state index >= 15 is 0 Å². The van der Waals surface area contributed by atoms with Gasteiger partial charge >= 0.3 is 0 Å². The van der Waals surface area contributed by atoms with Crippen molar-refractivity contribution in [2.45, 2.75) is 44.8 Å². The molecule has 2 aromatic rings. The molecule has 5 heteroatoms. The van der Waals surface area contributed by atoms with E-state index in [9.17, 15) is 9.59 Å². The summed E-state index contributed by atoms with van der Waals surface area (Å²) in [6.45, 7) is 3.94. The standard InChI is InChI=1S/C23H20Cl2O3/c1-10-5-12(13-7-14(24)9-15(25)8-13)6-11(2)18(10)21-22(26)19-16-3-4-17(28-16)20(19)23(21)27/h5-9,16-17,19-21H,3-4H2,1-2H3/t16-,17+,19-,20+,21?. The van der Waals surface area contributed by atoms with Crippen LogP contribution < -0.4 is 0 Å². The van der Waals surface area contributed by atoms with Crippen molar-refractivity contribution in [1.82, 2.24) is 0 Å². The van der Waals surface area contributed by atoms with E-state index in [1.807, 2.05) is 38.1 Å². The summed E-state index contributed by atoms with van der Waals surface area (Å²) in [7, 11) is 0. The van der Waals surface area contributed by atoms with E-state index in [1.54, 1.807) is 6.07 Å². The zero-order chi connectivity index (χ0) is 19.7. The summed E-state index contributed by atoms with van der Waals surface area (Å²) in [4.78, 5) is 26.4. The molecule has 1 unspecified atom stereocenters. The highest BCUT2D eigenvalue weighted by atomic mass is 35.5. The van der Waals surface area contributed by atoms with Crippen LogP contribution in [0.4, 0.5) is 0 Å². The number of hydrogen-bond acceptors (Lipinski definition) is 3. The number of halogens is 2. The molecule has 2 heterocycles. The second kappa shape index (κ2) is 6.41. The predicted octanol–water partition coefficient (Wildman–Crippen LogP) is 5.31. The maximum absolute atomic E-state index is 13.2. The van der Waals surface area contributed by atoms with Gasteiger partial charge in [0, 0.05) is 10.0 Å². The minimum absolute atomic E-state index is 0.0481. The van der Waals surface area contributed by atoms with Crippen LogP contribution in [0, 0.1) is 25.7 Å². The van der Waals surface area contributed by atoms with Crippen molar-refractivity contribution < 1.29 is 14.3 Å². The summed E-state index contributed by atoms with van der Waals surface area (Å²) < 4.78 is 5.86. The second-order valence-corrected chi connectivity index (χ2v) is 9.13. The fraction of sp³-hybridized carbons (Fsp3) is 0.391. The van der Waals surface area contributed by atoms with Gasteiger partial charge < -0.3 is 4.74 Å². The molecule has 2 bridgehead atoms. The summed E-state index contributed by atoms with van der Waals surface area (Å²) in [5.41, 5.74) is 4.66. The Labute approximate surface area is 174 Å². The number of rotatable bonds is 2. The lowest BCUT2D eigenvalue weighted by Gasteiger charge is -2.19. The topological polar surface area (TPSA) is 43.4 Å². The number of fused-ring (bicyclic) bond motifs is 5. The molecule has 5 atom stereocenters. The first-order valence-electron chi connectivity index (χ1n) is 9.65. The molecule has 0 radical (unpaired) electrons. The van der Waals surface area contributed by atoms with Crippen molar-refractivity contribution >= 4 is 34.8 Å². The van der Waals surface area contributed by atoms with E-state index in [2.05, 4.69) is 0 Å². The molecular formula is C23H20Cl2O3. The van der Waals surface area contributed by atoms with Gasteiger partial charge in [0.25, 0.3) is 0 Å². The van der Waals surface area contributed by atoms with Crippen LogP contribution >= 0.6 is 23.2 Å². The fourth-order valence-corrected chi connectivity index (χ4v) is 6.05. The Bertz CT molecular complexity index is 957. The minimum atomic E-state index is -0.654. The van der Waals surface area contributed by atoms with Gasteiger partial charge in [-0.15, -0.1) is 0 Å². The van der Waals surface area contributed by atoms with Crippen LogP contribution in [0.15, 0.2) is 30.3 Å². The Hall–Kier alpha value is -1.68. The number of carbonyl (C=O) groups is 2. The van der Waals surface area contributed by atoms with Crippen LogP contribution in [0.1, 0.15) is 35.4 Å². The molecule has 1 saturated carbocycles. The molecule has 28 heavy (non-hydrogen) atoms. The number of hydrogen-bond donors (Lipinski definition) is 0. The Balaban J connectivity index is 1.56. The van der Waals surface area contributed by atoms with Crippen LogP contribution in [0.2, 0.25) is 10.0 Å². The summed E-state index contributed by atoms with van der Waals surface area (Å²) in [6, 6.07) is 9.47. The summed E-state index contributed by atoms with van der Waals surface area (Å²) in [5, 5.41) is 1.15. The molecule has 3 nitrogen and oxygen atoms in total. The molecule has 0 amide bonds. The maximum Gasteiger partial charge on any atom is 0.154 e. The van der Waals surface area contributed by atoms with Crippen molar-refractivity contribution in [3.05, 3.63) is 57.1 Å². The van der Waals surface area contributed by atoms with Crippen molar-refractivity contribution in [3.63, 3.8) is 0 Å². The molecule has 3 aliphatic rings. The van der Waals surface area contributed by atoms with Gasteiger partial charge in [0.15, 0.2) is 11.6 Å². The highest BCUT2D eigenvalue weighted by Gasteiger charge is 2.63. The third kappa shape index (κ3) is 2.60. The van der Waals surface area contributed by atoms with Gasteiger partial charge in [0.1, 0.15) is 5.92 Å². The van der Waals surface area contributed by atoms with Crippen LogP contribution in [0.25, 0.3) is 11.1 Å². The smallest absolute Gasteiger partial charge is 0.154 e. The molecule has 2 saturated heterocycles. The van der Waals surface area contributed by atoms with Crippen LogP contribution in [0.5, 0.6) is 0 Å². The number of aryl methyl sites for hydroxylation is 2. The predicted molar refractivity (Wildman–Crippen MR) is 109 cm³/mol. The first kappa shape index (κ1) is 18.4. The lowest BCUT2D eigenvalue weighted by molar-refractivity contribution is -0.127.